The molecule has 108 valence electrons. The fourth-order valence-corrected chi connectivity index (χ4v) is 2.26. The van der Waals surface area contributed by atoms with Crippen molar-refractivity contribution in [3.63, 3.8) is 0 Å². The lowest BCUT2D eigenvalue weighted by Crippen LogP contribution is -2.44. The van der Waals surface area contributed by atoms with Crippen molar-refractivity contribution in [3.05, 3.63) is 24.3 Å². The van der Waals surface area contributed by atoms with E-state index in [1.807, 2.05) is 38.1 Å². The summed E-state index contributed by atoms with van der Waals surface area (Å²) in [6.07, 6.45) is 0.924. The molecule has 0 bridgehead atoms. The largest absolute Gasteiger partial charge is 0.494 e. The summed E-state index contributed by atoms with van der Waals surface area (Å²) in [6.45, 7) is 4.84. The van der Waals surface area contributed by atoms with Gasteiger partial charge in [0.25, 0.3) is 0 Å². The second-order valence-corrected chi connectivity index (χ2v) is 4.70. The molecule has 0 aliphatic carbocycles. The van der Waals surface area contributed by atoms with Crippen LogP contribution in [-0.2, 0) is 9.59 Å². The predicted molar refractivity (Wildman–Crippen MR) is 76.8 cm³/mol. The summed E-state index contributed by atoms with van der Waals surface area (Å²) in [5.74, 6) is 0.654. The first-order chi connectivity index (χ1) is 9.65. The first kappa shape index (κ1) is 14.4. The lowest BCUT2D eigenvalue weighted by Gasteiger charge is -2.23. The Balaban J connectivity index is 2.20. The van der Waals surface area contributed by atoms with Crippen LogP contribution in [0.3, 0.4) is 0 Å². The molecule has 0 radical (unpaired) electrons. The van der Waals surface area contributed by atoms with Gasteiger partial charge in [-0.2, -0.15) is 0 Å². The van der Waals surface area contributed by atoms with Crippen LogP contribution in [0.2, 0.25) is 0 Å². The number of anilines is 1. The molecular weight excluding hydrogens is 256 g/mol. The van der Waals surface area contributed by atoms with Crippen molar-refractivity contribution in [2.45, 2.75) is 32.7 Å². The molecular formula is C15H20N2O3. The Morgan fingerprint density at radius 2 is 1.95 bits per heavy atom. The lowest BCUT2D eigenvalue weighted by atomic mass is 10.2. The topological polar surface area (TPSA) is 58.6 Å². The van der Waals surface area contributed by atoms with Crippen molar-refractivity contribution in [1.29, 1.82) is 0 Å². The second kappa shape index (κ2) is 6.41. The molecule has 1 heterocycles. The molecule has 2 rings (SSSR count). The number of nitrogens with one attached hydrogen (secondary N) is 1. The van der Waals surface area contributed by atoms with Gasteiger partial charge < -0.3 is 15.0 Å². The lowest BCUT2D eigenvalue weighted by molar-refractivity contribution is -0.125. The Morgan fingerprint density at radius 1 is 1.25 bits per heavy atom. The van der Waals surface area contributed by atoms with Gasteiger partial charge in [0.05, 0.1) is 6.61 Å². The van der Waals surface area contributed by atoms with Gasteiger partial charge in [-0.3, -0.25) is 9.59 Å². The normalized spacial score (nSPS) is 19.5. The molecule has 0 aromatic heterocycles. The monoisotopic (exact) mass is 276 g/mol. The van der Waals surface area contributed by atoms with E-state index in [1.54, 1.807) is 4.90 Å². The van der Waals surface area contributed by atoms with Gasteiger partial charge in [-0.05, 0) is 37.6 Å². The van der Waals surface area contributed by atoms with Gasteiger partial charge >= 0.3 is 0 Å². The van der Waals surface area contributed by atoms with E-state index < -0.39 is 6.04 Å². The zero-order chi connectivity index (χ0) is 14.5. The molecule has 5 heteroatoms. The highest BCUT2D eigenvalue weighted by Crippen LogP contribution is 2.22. The third-order valence-electron chi connectivity index (χ3n) is 3.33. The van der Waals surface area contributed by atoms with Crippen LogP contribution >= 0.6 is 0 Å². The van der Waals surface area contributed by atoms with Crippen LogP contribution in [0, 0.1) is 0 Å². The van der Waals surface area contributed by atoms with E-state index in [0.717, 1.165) is 11.4 Å². The van der Waals surface area contributed by atoms with E-state index >= 15 is 0 Å². The third-order valence-corrected chi connectivity index (χ3v) is 3.33. The molecule has 1 unspecified atom stereocenters. The molecule has 1 atom stereocenters. The van der Waals surface area contributed by atoms with Crippen molar-refractivity contribution in [3.8, 4) is 5.75 Å². The molecule has 1 fully saturated rings. The van der Waals surface area contributed by atoms with Crippen molar-refractivity contribution in [2.75, 3.05) is 18.1 Å². The van der Waals surface area contributed by atoms with Gasteiger partial charge in [-0.1, -0.05) is 6.92 Å². The van der Waals surface area contributed by atoms with Gasteiger partial charge in [0, 0.05) is 18.7 Å². The number of rotatable bonds is 4. The molecule has 0 saturated carbocycles. The molecule has 20 heavy (non-hydrogen) atoms. The minimum Gasteiger partial charge on any atom is -0.494 e. The molecule has 1 aliphatic heterocycles. The van der Waals surface area contributed by atoms with E-state index in [1.165, 1.54) is 0 Å². The number of ether oxygens (including phenoxy) is 1. The van der Waals surface area contributed by atoms with Crippen molar-refractivity contribution >= 4 is 17.5 Å². The Bertz CT molecular complexity index is 484. The summed E-state index contributed by atoms with van der Waals surface area (Å²) in [5.41, 5.74) is 0.799. The maximum absolute atomic E-state index is 12.4. The first-order valence-electron chi connectivity index (χ1n) is 6.99. The van der Waals surface area contributed by atoms with Gasteiger partial charge in [-0.15, -0.1) is 0 Å². The number of carbonyl (C=O) groups excluding carboxylic acids is 2. The maximum Gasteiger partial charge on any atom is 0.249 e. The van der Waals surface area contributed by atoms with E-state index in [4.69, 9.17) is 4.74 Å². The predicted octanol–water partition coefficient (Wildman–Crippen LogP) is 1.72. The van der Waals surface area contributed by atoms with Gasteiger partial charge in [0.15, 0.2) is 0 Å². The Hall–Kier alpha value is -2.04. The quantitative estimate of drug-likeness (QED) is 0.911. The van der Waals surface area contributed by atoms with E-state index in [-0.39, 0.29) is 11.8 Å². The van der Waals surface area contributed by atoms with Crippen LogP contribution in [-0.4, -0.2) is 31.0 Å². The highest BCUT2D eigenvalue weighted by Gasteiger charge is 2.29. The summed E-state index contributed by atoms with van der Waals surface area (Å²) in [6, 6.07) is 6.95. The number of hydrogen-bond acceptors (Lipinski definition) is 3. The standard InChI is InChI=1S/C15H20N2O3/c1-3-13-15(19)17(10-9-14(18)16-13)11-5-7-12(8-6-11)20-4-2/h5-8,13H,3-4,9-10H2,1-2H3,(H,16,18). The third kappa shape index (κ3) is 3.10. The first-order valence-corrected chi connectivity index (χ1v) is 6.99. The molecule has 0 spiro atoms. The minimum atomic E-state index is -0.434. The average molecular weight is 276 g/mol. The maximum atomic E-state index is 12.4. The van der Waals surface area contributed by atoms with Crippen molar-refractivity contribution in [2.24, 2.45) is 0 Å². The van der Waals surface area contributed by atoms with Crippen LogP contribution in [0.4, 0.5) is 5.69 Å². The SMILES string of the molecule is CCOc1ccc(N2CCC(=O)NC(CC)C2=O)cc1. The van der Waals surface area contributed by atoms with E-state index in [9.17, 15) is 9.59 Å². The summed E-state index contributed by atoms with van der Waals surface area (Å²) >= 11 is 0. The molecule has 1 N–H and O–H groups in total. The zero-order valence-corrected chi connectivity index (χ0v) is 11.9. The minimum absolute atomic E-state index is 0.0532. The van der Waals surface area contributed by atoms with Crippen molar-refractivity contribution in [1.82, 2.24) is 5.32 Å². The highest BCUT2D eigenvalue weighted by molar-refractivity contribution is 6.01. The summed E-state index contributed by atoms with van der Waals surface area (Å²) in [7, 11) is 0. The molecule has 5 nitrogen and oxygen atoms in total. The molecule has 1 saturated heterocycles. The Labute approximate surface area is 118 Å². The van der Waals surface area contributed by atoms with E-state index in [0.29, 0.717) is 26.0 Å². The number of hydrogen-bond donors (Lipinski definition) is 1. The molecule has 1 aliphatic rings. The number of benzene rings is 1. The Kier molecular flexibility index (Phi) is 4.61. The molecule has 2 amide bonds. The molecule has 1 aromatic rings. The van der Waals surface area contributed by atoms with Gasteiger partial charge in [-0.25, -0.2) is 0 Å². The van der Waals surface area contributed by atoms with E-state index in [2.05, 4.69) is 5.32 Å². The number of amides is 2. The fraction of sp³-hybridized carbons (Fsp3) is 0.467. The second-order valence-electron chi connectivity index (χ2n) is 4.70. The van der Waals surface area contributed by atoms with Gasteiger partial charge in [0.1, 0.15) is 11.8 Å². The summed E-state index contributed by atoms with van der Waals surface area (Å²) < 4.78 is 5.39. The zero-order valence-electron chi connectivity index (χ0n) is 11.9. The Morgan fingerprint density at radius 3 is 2.55 bits per heavy atom. The number of nitrogens with zero attached hydrogens (tertiary/aromatic N) is 1. The van der Waals surface area contributed by atoms with Crippen LogP contribution in [0.15, 0.2) is 24.3 Å². The summed E-state index contributed by atoms with van der Waals surface area (Å²) in [5, 5.41) is 2.75. The molecule has 1 aromatic carbocycles. The van der Waals surface area contributed by atoms with Crippen LogP contribution in [0.1, 0.15) is 26.7 Å². The van der Waals surface area contributed by atoms with Crippen molar-refractivity contribution < 1.29 is 14.3 Å². The van der Waals surface area contributed by atoms with Crippen LogP contribution < -0.4 is 15.0 Å². The smallest absolute Gasteiger partial charge is 0.249 e. The number of carbonyl (C=O) groups is 2. The summed E-state index contributed by atoms with van der Waals surface area (Å²) in [4.78, 5) is 25.7. The van der Waals surface area contributed by atoms with Gasteiger partial charge in [0.2, 0.25) is 11.8 Å². The van der Waals surface area contributed by atoms with Crippen LogP contribution in [0.5, 0.6) is 5.75 Å². The van der Waals surface area contributed by atoms with Crippen LogP contribution in [0.25, 0.3) is 0 Å². The highest BCUT2D eigenvalue weighted by atomic mass is 16.5. The fourth-order valence-electron chi connectivity index (χ4n) is 2.26. The average Bonchev–Trinajstić information content (AvgIpc) is 2.60.